The van der Waals surface area contributed by atoms with Crippen LogP contribution in [0.1, 0.15) is 0 Å². The predicted octanol–water partition coefficient (Wildman–Crippen LogP) is -2.45. The normalized spacial score (nSPS) is 4.80. The van der Waals surface area contributed by atoms with Crippen molar-refractivity contribution < 1.29 is 32.1 Å². The Kier molecular flexibility index (Phi) is 6.70. The third-order valence-electron chi connectivity index (χ3n) is 0. The molecule has 0 saturated carbocycles. The Labute approximate surface area is 39.1 Å². The first kappa shape index (κ1) is 8.84. The van der Waals surface area contributed by atoms with Crippen molar-refractivity contribution in [3.05, 3.63) is 0 Å². The average molecular weight is 124 g/mol. The van der Waals surface area contributed by atoms with E-state index in [1.165, 1.54) is 0 Å². The Morgan fingerprint density at radius 2 is 1.40 bits per heavy atom. The number of carbonyl (C=O) groups excluding carboxylic acids is 1. The van der Waals surface area contributed by atoms with Gasteiger partial charge in [0.05, 0.1) is 0 Å². The van der Waals surface area contributed by atoms with Crippen LogP contribution in [-0.4, -0.2) is 6.16 Å². The molecule has 5 heavy (non-hydrogen) atoms. The van der Waals surface area contributed by atoms with Crippen molar-refractivity contribution in [3.63, 3.8) is 0 Å². The maximum atomic E-state index is 8.33. The minimum atomic E-state index is -2.33. The topological polar surface area (TPSA) is 63.2 Å². The second kappa shape index (κ2) is 3.79. The van der Waals surface area contributed by atoms with Crippen LogP contribution in [0.15, 0.2) is 0 Å². The number of hydrogen-bond donors (Lipinski definition) is 0. The molecule has 3 nitrogen and oxygen atoms in total. The van der Waals surface area contributed by atoms with Gasteiger partial charge in [0.2, 0.25) is 0 Å². The molecule has 0 aliphatic heterocycles. The summed E-state index contributed by atoms with van der Waals surface area (Å²) in [5.74, 6) is 0. The Bertz CT molecular complexity index is 29.9. The van der Waals surface area contributed by atoms with E-state index >= 15 is 0 Å². The van der Waals surface area contributed by atoms with Crippen LogP contribution in [0.2, 0.25) is 0 Å². The van der Waals surface area contributed by atoms with Crippen molar-refractivity contribution in [3.8, 4) is 0 Å². The Morgan fingerprint density at radius 3 is 1.40 bits per heavy atom. The average Bonchev–Trinajstić information content (AvgIpc) is 0.811. The van der Waals surface area contributed by atoms with Gasteiger partial charge in [0.1, 0.15) is 0 Å². The maximum Gasteiger partial charge on any atom is 0 e. The minimum Gasteiger partial charge on any atom is -0.652 e. The van der Waals surface area contributed by atoms with Crippen LogP contribution in [0, 0.1) is 0 Å². The van der Waals surface area contributed by atoms with E-state index in [1.807, 2.05) is 0 Å². The molecule has 1 radical (unpaired) electrons. The quantitative estimate of drug-likeness (QED) is 0.336. The van der Waals surface area contributed by atoms with Gasteiger partial charge >= 0.3 is 0 Å². The summed E-state index contributed by atoms with van der Waals surface area (Å²) in [5, 5.41) is 16.7. The van der Waals surface area contributed by atoms with E-state index in [9.17, 15) is 0 Å². The monoisotopic (exact) mass is 123 g/mol. The van der Waals surface area contributed by atoms with E-state index < -0.39 is 6.16 Å². The Morgan fingerprint density at radius 1 is 1.40 bits per heavy atom. The number of carbonyl (C=O) groups is 1. The zero-order valence-corrected chi connectivity index (χ0v) is 2.97. The van der Waals surface area contributed by atoms with Crippen LogP contribution < -0.4 is 10.2 Å². The molecule has 0 aromatic carbocycles. The van der Waals surface area contributed by atoms with Crippen molar-refractivity contribution in [1.82, 2.24) is 0 Å². The van der Waals surface area contributed by atoms with Gasteiger partial charge in [0.25, 0.3) is 0 Å². The molecule has 0 aliphatic rings. The van der Waals surface area contributed by atoms with E-state index in [0.717, 1.165) is 0 Å². The van der Waals surface area contributed by atoms with Crippen LogP contribution in [0.4, 0.5) is 4.79 Å². The van der Waals surface area contributed by atoms with E-state index in [1.54, 1.807) is 0 Å². The predicted molar refractivity (Wildman–Crippen MR) is 5.40 cm³/mol. The number of hydrogen-bond acceptors (Lipinski definition) is 3. The van der Waals surface area contributed by atoms with Crippen LogP contribution in [-0.2, 0) is 17.1 Å². The maximum absolute atomic E-state index is 8.33. The summed E-state index contributed by atoms with van der Waals surface area (Å²) in [4.78, 5) is 8.33. The van der Waals surface area contributed by atoms with Crippen molar-refractivity contribution in [2.24, 2.45) is 0 Å². The van der Waals surface area contributed by atoms with E-state index in [0.29, 0.717) is 0 Å². The summed E-state index contributed by atoms with van der Waals surface area (Å²) in [7, 11) is 0. The molecular formula is CCuO3-2. The number of carboxylic acid groups (broad SMARTS) is 2. The molecule has 0 saturated heterocycles. The molecule has 0 rings (SSSR count). The van der Waals surface area contributed by atoms with Gasteiger partial charge < -0.3 is 15.0 Å². The molecule has 0 aromatic heterocycles. The molecule has 0 bridgehead atoms. The van der Waals surface area contributed by atoms with Crippen molar-refractivity contribution in [1.29, 1.82) is 0 Å². The summed E-state index contributed by atoms with van der Waals surface area (Å²) in [5.41, 5.74) is 0. The summed E-state index contributed by atoms with van der Waals surface area (Å²) >= 11 is 0. The standard InChI is InChI=1S/CH2O3.Cu/c2-1(3)4;/h(H2,2,3,4);/p-2. The van der Waals surface area contributed by atoms with Gasteiger partial charge in [0, 0.05) is 17.1 Å². The summed E-state index contributed by atoms with van der Waals surface area (Å²) in [6, 6.07) is 0. The third-order valence-corrected chi connectivity index (χ3v) is 0. The van der Waals surface area contributed by atoms with E-state index in [-0.39, 0.29) is 17.1 Å². The first-order valence-electron chi connectivity index (χ1n) is 0.612. The van der Waals surface area contributed by atoms with Gasteiger partial charge in [-0.25, -0.2) is 0 Å². The Balaban J connectivity index is 0. The second-order valence-electron chi connectivity index (χ2n) is 0.250. The fourth-order valence-electron chi connectivity index (χ4n) is 0. The molecule has 0 fully saturated rings. The largest absolute Gasteiger partial charge is 0.652 e. The van der Waals surface area contributed by atoms with Crippen LogP contribution in [0.25, 0.3) is 0 Å². The van der Waals surface area contributed by atoms with Gasteiger partial charge in [-0.3, -0.25) is 0 Å². The van der Waals surface area contributed by atoms with Crippen molar-refractivity contribution in [2.75, 3.05) is 0 Å². The fourth-order valence-corrected chi connectivity index (χ4v) is 0. The van der Waals surface area contributed by atoms with Crippen LogP contribution >= 0.6 is 0 Å². The molecule has 0 atom stereocenters. The molecule has 0 unspecified atom stereocenters. The van der Waals surface area contributed by atoms with Crippen molar-refractivity contribution in [2.45, 2.75) is 0 Å². The number of rotatable bonds is 0. The molecule has 0 spiro atoms. The second-order valence-corrected chi connectivity index (χ2v) is 0.250. The zero-order chi connectivity index (χ0) is 3.58. The SMILES string of the molecule is O=C([O-])[O-].[Cu]. The van der Waals surface area contributed by atoms with E-state index in [2.05, 4.69) is 0 Å². The van der Waals surface area contributed by atoms with Gasteiger partial charge in [-0.2, -0.15) is 0 Å². The van der Waals surface area contributed by atoms with Gasteiger partial charge in [-0.15, -0.1) is 0 Å². The first-order valence-corrected chi connectivity index (χ1v) is 0.612. The van der Waals surface area contributed by atoms with Crippen LogP contribution in [0.5, 0.6) is 0 Å². The molecule has 0 aromatic rings. The molecule has 0 heterocycles. The summed E-state index contributed by atoms with van der Waals surface area (Å²) in [6.07, 6.45) is -2.33. The van der Waals surface area contributed by atoms with Gasteiger partial charge in [-0.05, 0) is 6.16 Å². The van der Waals surface area contributed by atoms with Gasteiger partial charge in [-0.1, -0.05) is 0 Å². The van der Waals surface area contributed by atoms with Crippen molar-refractivity contribution >= 4 is 6.16 Å². The van der Waals surface area contributed by atoms with Crippen LogP contribution in [0.3, 0.4) is 0 Å². The molecular weight excluding hydrogens is 124 g/mol. The minimum absolute atomic E-state index is 0. The first-order chi connectivity index (χ1) is 1.73. The molecule has 0 amide bonds. The summed E-state index contributed by atoms with van der Waals surface area (Å²) < 4.78 is 0. The molecule has 35 valence electrons. The molecule has 0 N–H and O–H groups in total. The van der Waals surface area contributed by atoms with Gasteiger partial charge in [0.15, 0.2) is 0 Å². The zero-order valence-electron chi connectivity index (χ0n) is 2.03. The smallest absolute Gasteiger partial charge is 0 e. The third kappa shape index (κ3) is 274. The molecule has 4 heteroatoms. The summed E-state index contributed by atoms with van der Waals surface area (Å²) in [6.45, 7) is 0. The fraction of sp³-hybridized carbons (Fsp3) is 0. The Hall–Kier alpha value is -0.211. The van der Waals surface area contributed by atoms with E-state index in [4.69, 9.17) is 15.0 Å². The molecule has 0 aliphatic carbocycles.